The number of methoxy groups -OCH3 is 2. The van der Waals surface area contributed by atoms with Crippen LogP contribution in [0, 0.1) is 5.82 Å². The van der Waals surface area contributed by atoms with Crippen molar-refractivity contribution in [3.05, 3.63) is 53.8 Å². The number of nitrogens with zero attached hydrogens (tertiary/aromatic N) is 1. The lowest BCUT2D eigenvalue weighted by Crippen LogP contribution is -2.53. The molecule has 7 nitrogen and oxygen atoms in total. The number of carbonyl (C=O) groups excluding carboxylic acids is 2. The summed E-state index contributed by atoms with van der Waals surface area (Å²) in [6.07, 6.45) is 0. The smallest absolute Gasteiger partial charge is 0.261 e. The van der Waals surface area contributed by atoms with Crippen LogP contribution in [0.2, 0.25) is 0 Å². The maximum atomic E-state index is 13.3. The van der Waals surface area contributed by atoms with Gasteiger partial charge in [0.05, 0.1) is 14.2 Å². The average molecular weight is 447 g/mol. The summed E-state index contributed by atoms with van der Waals surface area (Å²) in [4.78, 5) is 27.3. The molecular formula is C24H31FN2O5. The first kappa shape index (κ1) is 25.0. The van der Waals surface area contributed by atoms with Gasteiger partial charge in [0, 0.05) is 30.3 Å². The average Bonchev–Trinajstić information content (AvgIpc) is 2.75. The Hall–Kier alpha value is -3.29. The Kier molecular flexibility index (Phi) is 8.46. The number of hydrogen-bond donors (Lipinski definition) is 1. The van der Waals surface area contributed by atoms with E-state index in [1.807, 2.05) is 20.8 Å². The summed E-state index contributed by atoms with van der Waals surface area (Å²) in [7, 11) is 3.04. The Labute approximate surface area is 188 Å². The summed E-state index contributed by atoms with van der Waals surface area (Å²) in [5.74, 6) is 0.369. The molecule has 0 aromatic heterocycles. The monoisotopic (exact) mass is 446 g/mol. The zero-order valence-electron chi connectivity index (χ0n) is 19.4. The third-order valence-electron chi connectivity index (χ3n) is 4.62. The van der Waals surface area contributed by atoms with Gasteiger partial charge in [-0.25, -0.2) is 4.39 Å². The van der Waals surface area contributed by atoms with E-state index >= 15 is 0 Å². The third kappa shape index (κ3) is 7.44. The molecule has 0 spiro atoms. The summed E-state index contributed by atoms with van der Waals surface area (Å²) in [6, 6.07) is 9.99. The van der Waals surface area contributed by atoms with Crippen molar-refractivity contribution in [2.45, 2.75) is 45.8 Å². The van der Waals surface area contributed by atoms with Gasteiger partial charge in [-0.2, -0.15) is 0 Å². The van der Waals surface area contributed by atoms with Gasteiger partial charge in [0.25, 0.3) is 5.91 Å². The molecule has 0 aliphatic carbocycles. The van der Waals surface area contributed by atoms with Gasteiger partial charge >= 0.3 is 0 Å². The first-order valence-corrected chi connectivity index (χ1v) is 10.2. The highest BCUT2D eigenvalue weighted by molar-refractivity contribution is 5.88. The van der Waals surface area contributed by atoms with E-state index in [1.165, 1.54) is 31.3 Å². The molecule has 8 heteroatoms. The minimum Gasteiger partial charge on any atom is -0.496 e. The Bertz CT molecular complexity index is 903. The predicted octanol–water partition coefficient (Wildman–Crippen LogP) is 3.55. The number of rotatable bonds is 9. The Morgan fingerprint density at radius 3 is 2.03 bits per heavy atom. The zero-order chi connectivity index (χ0) is 23.9. The second kappa shape index (κ2) is 10.8. The van der Waals surface area contributed by atoms with Crippen molar-refractivity contribution in [1.29, 1.82) is 0 Å². The van der Waals surface area contributed by atoms with Gasteiger partial charge in [0.2, 0.25) is 5.91 Å². The predicted molar refractivity (Wildman–Crippen MR) is 119 cm³/mol. The molecule has 0 bridgehead atoms. The van der Waals surface area contributed by atoms with Crippen molar-refractivity contribution in [3.63, 3.8) is 0 Å². The number of ether oxygens (including phenoxy) is 3. The molecule has 174 valence electrons. The molecule has 0 saturated carbocycles. The molecule has 0 aliphatic rings. The van der Waals surface area contributed by atoms with Crippen LogP contribution in [0.5, 0.6) is 17.2 Å². The molecule has 2 rings (SSSR count). The SMILES string of the molecule is COc1cc(OC)cc(OCC(=O)N(Cc2ccc(F)cc2)C(C)C(=O)NC(C)(C)C)c1. The fourth-order valence-corrected chi connectivity index (χ4v) is 2.94. The number of nitrogens with one attached hydrogen (secondary N) is 1. The number of amides is 2. The van der Waals surface area contributed by atoms with Crippen LogP contribution < -0.4 is 19.5 Å². The summed E-state index contributed by atoms with van der Waals surface area (Å²) in [6.45, 7) is 7.07. The van der Waals surface area contributed by atoms with Gasteiger partial charge in [-0.05, 0) is 45.4 Å². The van der Waals surface area contributed by atoms with E-state index in [0.29, 0.717) is 22.8 Å². The maximum absolute atomic E-state index is 13.3. The van der Waals surface area contributed by atoms with Crippen LogP contribution >= 0.6 is 0 Å². The highest BCUT2D eigenvalue weighted by Gasteiger charge is 2.28. The first-order chi connectivity index (χ1) is 15.0. The standard InChI is InChI=1S/C24H31FN2O5/c1-16(23(29)26-24(2,3)4)27(14-17-7-9-18(25)10-8-17)22(28)15-32-21-12-19(30-5)11-20(13-21)31-6/h7-13,16H,14-15H2,1-6H3,(H,26,29). The molecular weight excluding hydrogens is 415 g/mol. The van der Waals surface area contributed by atoms with E-state index in [9.17, 15) is 14.0 Å². The number of carbonyl (C=O) groups is 2. The fraction of sp³-hybridized carbons (Fsp3) is 0.417. The molecule has 0 aliphatic heterocycles. The van der Waals surface area contributed by atoms with Gasteiger partial charge in [-0.3, -0.25) is 9.59 Å². The number of halogens is 1. The lowest BCUT2D eigenvalue weighted by Gasteiger charge is -2.31. The van der Waals surface area contributed by atoms with Gasteiger partial charge in [-0.15, -0.1) is 0 Å². The van der Waals surface area contributed by atoms with E-state index in [4.69, 9.17) is 14.2 Å². The van der Waals surface area contributed by atoms with Gasteiger partial charge in [0.15, 0.2) is 6.61 Å². The molecule has 1 N–H and O–H groups in total. The third-order valence-corrected chi connectivity index (χ3v) is 4.62. The fourth-order valence-electron chi connectivity index (χ4n) is 2.94. The minimum absolute atomic E-state index is 0.128. The zero-order valence-corrected chi connectivity index (χ0v) is 19.4. The highest BCUT2D eigenvalue weighted by Crippen LogP contribution is 2.27. The van der Waals surface area contributed by atoms with E-state index in [0.717, 1.165) is 0 Å². The number of hydrogen-bond acceptors (Lipinski definition) is 5. The van der Waals surface area contributed by atoms with Crippen LogP contribution in [-0.2, 0) is 16.1 Å². The van der Waals surface area contributed by atoms with Crippen LogP contribution in [0.1, 0.15) is 33.3 Å². The van der Waals surface area contributed by atoms with Crippen LogP contribution in [0.3, 0.4) is 0 Å². The minimum atomic E-state index is -0.768. The molecule has 0 saturated heterocycles. The second-order valence-electron chi connectivity index (χ2n) is 8.40. The maximum Gasteiger partial charge on any atom is 0.261 e. The highest BCUT2D eigenvalue weighted by atomic mass is 19.1. The van der Waals surface area contributed by atoms with Crippen LogP contribution in [-0.4, -0.2) is 49.1 Å². The number of benzene rings is 2. The van der Waals surface area contributed by atoms with Crippen LogP contribution in [0.4, 0.5) is 4.39 Å². The topological polar surface area (TPSA) is 77.1 Å². The molecule has 2 aromatic carbocycles. The summed E-state index contributed by atoms with van der Waals surface area (Å²) in [5, 5.41) is 2.89. The first-order valence-electron chi connectivity index (χ1n) is 10.2. The van der Waals surface area contributed by atoms with E-state index in [2.05, 4.69) is 5.32 Å². The molecule has 32 heavy (non-hydrogen) atoms. The molecule has 1 unspecified atom stereocenters. The van der Waals surface area contributed by atoms with E-state index in [-0.39, 0.29) is 24.9 Å². The van der Waals surface area contributed by atoms with Gasteiger partial charge in [0.1, 0.15) is 29.1 Å². The lowest BCUT2D eigenvalue weighted by molar-refractivity contribution is -0.142. The Morgan fingerprint density at radius 1 is 1.00 bits per heavy atom. The van der Waals surface area contributed by atoms with Crippen molar-refractivity contribution >= 4 is 11.8 Å². The molecule has 0 fully saturated rings. The van der Waals surface area contributed by atoms with Crippen molar-refractivity contribution < 1.29 is 28.2 Å². The van der Waals surface area contributed by atoms with E-state index < -0.39 is 17.5 Å². The molecule has 1 atom stereocenters. The normalized spacial score (nSPS) is 12.0. The summed E-state index contributed by atoms with van der Waals surface area (Å²) in [5.41, 5.74) is 0.238. The Morgan fingerprint density at radius 2 is 1.53 bits per heavy atom. The summed E-state index contributed by atoms with van der Waals surface area (Å²) < 4.78 is 29.4. The van der Waals surface area contributed by atoms with Crippen molar-refractivity contribution in [2.24, 2.45) is 0 Å². The van der Waals surface area contributed by atoms with Crippen molar-refractivity contribution in [2.75, 3.05) is 20.8 Å². The van der Waals surface area contributed by atoms with Crippen LogP contribution in [0.25, 0.3) is 0 Å². The Balaban J connectivity index is 2.20. The van der Waals surface area contributed by atoms with Crippen molar-refractivity contribution in [1.82, 2.24) is 10.2 Å². The molecule has 0 heterocycles. The van der Waals surface area contributed by atoms with Crippen molar-refractivity contribution in [3.8, 4) is 17.2 Å². The molecule has 0 radical (unpaired) electrons. The summed E-state index contributed by atoms with van der Waals surface area (Å²) >= 11 is 0. The molecule has 2 aromatic rings. The van der Waals surface area contributed by atoms with Crippen LogP contribution in [0.15, 0.2) is 42.5 Å². The largest absolute Gasteiger partial charge is 0.496 e. The van der Waals surface area contributed by atoms with Gasteiger partial charge in [-0.1, -0.05) is 12.1 Å². The lowest BCUT2D eigenvalue weighted by atomic mass is 10.1. The van der Waals surface area contributed by atoms with E-state index in [1.54, 1.807) is 37.3 Å². The second-order valence-corrected chi connectivity index (χ2v) is 8.40. The molecule has 2 amide bonds. The quantitative estimate of drug-likeness (QED) is 0.638. The van der Waals surface area contributed by atoms with Gasteiger partial charge < -0.3 is 24.4 Å².